The Morgan fingerprint density at radius 2 is 1.60 bits per heavy atom. The Morgan fingerprint density at radius 1 is 0.933 bits per heavy atom. The highest BCUT2D eigenvalue weighted by atomic mass is 19.1. The number of para-hydroxylation sites is 1. The molecular weight excluding hydrogens is 385 g/mol. The number of hydrogen-bond acceptors (Lipinski definition) is 4. The molecule has 2 aliphatic heterocycles. The zero-order chi connectivity index (χ0) is 21.3. The number of nitrogens with one attached hydrogen (secondary N) is 1. The van der Waals surface area contributed by atoms with E-state index in [4.69, 9.17) is 0 Å². The molecule has 3 amide bonds. The zero-order valence-corrected chi connectivity index (χ0v) is 16.7. The highest BCUT2D eigenvalue weighted by Gasteiger charge is 2.43. The van der Waals surface area contributed by atoms with Crippen LogP contribution in [0, 0.1) is 5.82 Å². The number of nitrogens with zero attached hydrogens (tertiary/aromatic N) is 2. The molecule has 4 rings (SSSR count). The summed E-state index contributed by atoms with van der Waals surface area (Å²) < 4.78 is 14.4. The zero-order valence-electron chi connectivity index (χ0n) is 16.7. The summed E-state index contributed by atoms with van der Waals surface area (Å²) in [6.45, 7) is 2.76. The Kier molecular flexibility index (Phi) is 5.35. The standard InChI is InChI=1S/C23H22FN3O3/c1-15(28)25-17-11-9-16(10-12-17)20-21(26-13-5-2-6-14-26)23(30)27(22(20)29)19-8-4-3-7-18(19)24/h3-4,7-12H,2,5-6,13-14H2,1H3,(H,25,28). The molecule has 0 bridgehead atoms. The van der Waals surface area contributed by atoms with Gasteiger partial charge in [0.25, 0.3) is 11.8 Å². The van der Waals surface area contributed by atoms with Crippen LogP contribution in [0.2, 0.25) is 0 Å². The van der Waals surface area contributed by atoms with Crippen LogP contribution in [-0.2, 0) is 14.4 Å². The summed E-state index contributed by atoms with van der Waals surface area (Å²) in [5.74, 6) is -1.88. The molecule has 0 saturated carbocycles. The van der Waals surface area contributed by atoms with Crippen molar-refractivity contribution in [1.29, 1.82) is 0 Å². The van der Waals surface area contributed by atoms with Crippen LogP contribution in [0.15, 0.2) is 54.2 Å². The second kappa shape index (κ2) is 8.10. The van der Waals surface area contributed by atoms with Crippen molar-refractivity contribution < 1.29 is 18.8 Å². The first-order valence-corrected chi connectivity index (χ1v) is 9.98. The van der Waals surface area contributed by atoms with Gasteiger partial charge in [-0.05, 0) is 49.1 Å². The number of benzene rings is 2. The van der Waals surface area contributed by atoms with E-state index in [1.165, 1.54) is 25.1 Å². The van der Waals surface area contributed by atoms with Gasteiger partial charge in [-0.3, -0.25) is 14.4 Å². The first-order chi connectivity index (χ1) is 14.5. The molecule has 6 nitrogen and oxygen atoms in total. The lowest BCUT2D eigenvalue weighted by molar-refractivity contribution is -0.121. The Balaban J connectivity index is 1.79. The van der Waals surface area contributed by atoms with Crippen molar-refractivity contribution >= 4 is 34.7 Å². The number of hydrogen-bond donors (Lipinski definition) is 1. The highest BCUT2D eigenvalue weighted by Crippen LogP contribution is 2.36. The molecule has 1 N–H and O–H groups in total. The molecule has 2 aliphatic rings. The van der Waals surface area contributed by atoms with Crippen LogP contribution in [0.3, 0.4) is 0 Å². The molecule has 2 aromatic carbocycles. The number of likely N-dealkylation sites (tertiary alicyclic amines) is 1. The smallest absolute Gasteiger partial charge is 0.282 e. The van der Waals surface area contributed by atoms with Crippen LogP contribution in [0.5, 0.6) is 0 Å². The summed E-state index contributed by atoms with van der Waals surface area (Å²) in [5, 5.41) is 2.68. The molecule has 0 radical (unpaired) electrons. The Labute approximate surface area is 174 Å². The molecule has 2 heterocycles. The molecule has 1 saturated heterocycles. The molecule has 0 spiro atoms. The minimum absolute atomic E-state index is 0.0492. The SMILES string of the molecule is CC(=O)Nc1ccc(C2=C(N3CCCCC3)C(=O)N(c3ccccc3F)C2=O)cc1. The van der Waals surface area contributed by atoms with Gasteiger partial charge in [0.2, 0.25) is 5.91 Å². The van der Waals surface area contributed by atoms with Gasteiger partial charge in [0.05, 0.1) is 11.3 Å². The molecule has 2 aromatic rings. The van der Waals surface area contributed by atoms with Crippen molar-refractivity contribution in [2.75, 3.05) is 23.3 Å². The van der Waals surface area contributed by atoms with Crippen molar-refractivity contribution in [3.8, 4) is 0 Å². The summed E-state index contributed by atoms with van der Waals surface area (Å²) in [5.41, 5.74) is 1.68. The molecule has 1 fully saturated rings. The topological polar surface area (TPSA) is 69.7 Å². The lowest BCUT2D eigenvalue weighted by atomic mass is 10.0. The third-order valence-corrected chi connectivity index (χ3v) is 5.32. The van der Waals surface area contributed by atoms with Crippen LogP contribution in [0.4, 0.5) is 15.8 Å². The molecule has 0 aliphatic carbocycles. The summed E-state index contributed by atoms with van der Waals surface area (Å²) in [6, 6.07) is 12.5. The normalized spacial score (nSPS) is 17.0. The lowest BCUT2D eigenvalue weighted by Gasteiger charge is -2.29. The predicted octanol–water partition coefficient (Wildman–Crippen LogP) is 3.55. The number of piperidine rings is 1. The average Bonchev–Trinajstić information content (AvgIpc) is 2.99. The van der Waals surface area contributed by atoms with Gasteiger partial charge in [-0.25, -0.2) is 9.29 Å². The minimum atomic E-state index is -0.626. The summed E-state index contributed by atoms with van der Waals surface area (Å²) in [6.07, 6.45) is 2.93. The van der Waals surface area contributed by atoms with E-state index in [0.717, 1.165) is 24.2 Å². The van der Waals surface area contributed by atoms with E-state index < -0.39 is 17.6 Å². The van der Waals surface area contributed by atoms with Gasteiger partial charge >= 0.3 is 0 Å². The van der Waals surface area contributed by atoms with Crippen LogP contribution in [0.25, 0.3) is 5.57 Å². The quantitative estimate of drug-likeness (QED) is 0.787. The van der Waals surface area contributed by atoms with Gasteiger partial charge in [-0.15, -0.1) is 0 Å². The average molecular weight is 407 g/mol. The maximum Gasteiger partial charge on any atom is 0.282 e. The minimum Gasteiger partial charge on any atom is -0.366 e. The summed E-state index contributed by atoms with van der Waals surface area (Å²) in [7, 11) is 0. The molecule has 0 aromatic heterocycles. The van der Waals surface area contributed by atoms with E-state index in [1.807, 2.05) is 4.90 Å². The Morgan fingerprint density at radius 3 is 2.23 bits per heavy atom. The van der Waals surface area contributed by atoms with Crippen molar-refractivity contribution in [1.82, 2.24) is 4.90 Å². The predicted molar refractivity (Wildman–Crippen MR) is 112 cm³/mol. The molecule has 30 heavy (non-hydrogen) atoms. The van der Waals surface area contributed by atoms with Crippen molar-refractivity contribution in [3.63, 3.8) is 0 Å². The number of carbonyl (C=O) groups excluding carboxylic acids is 3. The van der Waals surface area contributed by atoms with Gasteiger partial charge in [0.15, 0.2) is 0 Å². The van der Waals surface area contributed by atoms with E-state index in [0.29, 0.717) is 30.0 Å². The molecular formula is C23H22FN3O3. The van der Waals surface area contributed by atoms with Gasteiger partial charge in [-0.1, -0.05) is 24.3 Å². The van der Waals surface area contributed by atoms with Gasteiger partial charge in [0.1, 0.15) is 11.5 Å². The Bertz CT molecular complexity index is 1040. The van der Waals surface area contributed by atoms with Crippen molar-refractivity contribution in [3.05, 3.63) is 65.6 Å². The van der Waals surface area contributed by atoms with Crippen LogP contribution in [0.1, 0.15) is 31.7 Å². The van der Waals surface area contributed by atoms with Crippen molar-refractivity contribution in [2.45, 2.75) is 26.2 Å². The first kappa shape index (κ1) is 19.8. The second-order valence-corrected chi connectivity index (χ2v) is 7.43. The molecule has 0 atom stereocenters. The number of amides is 3. The second-order valence-electron chi connectivity index (χ2n) is 7.43. The summed E-state index contributed by atoms with van der Waals surface area (Å²) in [4.78, 5) is 40.8. The van der Waals surface area contributed by atoms with Gasteiger partial charge < -0.3 is 10.2 Å². The van der Waals surface area contributed by atoms with E-state index in [2.05, 4.69) is 5.32 Å². The lowest BCUT2D eigenvalue weighted by Crippen LogP contribution is -2.37. The van der Waals surface area contributed by atoms with E-state index >= 15 is 0 Å². The molecule has 0 unspecified atom stereocenters. The van der Waals surface area contributed by atoms with E-state index in [9.17, 15) is 18.8 Å². The molecule has 154 valence electrons. The number of halogens is 1. The third kappa shape index (κ3) is 3.58. The number of imide groups is 1. The van der Waals surface area contributed by atoms with Gasteiger partial charge in [-0.2, -0.15) is 0 Å². The van der Waals surface area contributed by atoms with Gasteiger partial charge in [0, 0.05) is 25.7 Å². The number of anilines is 2. The number of carbonyl (C=O) groups is 3. The summed E-state index contributed by atoms with van der Waals surface area (Å²) >= 11 is 0. The maximum atomic E-state index is 14.4. The fraction of sp³-hybridized carbons (Fsp3) is 0.261. The van der Waals surface area contributed by atoms with Crippen LogP contribution >= 0.6 is 0 Å². The first-order valence-electron chi connectivity index (χ1n) is 9.98. The third-order valence-electron chi connectivity index (χ3n) is 5.32. The monoisotopic (exact) mass is 407 g/mol. The fourth-order valence-electron chi connectivity index (χ4n) is 3.96. The van der Waals surface area contributed by atoms with Crippen molar-refractivity contribution in [2.24, 2.45) is 0 Å². The van der Waals surface area contributed by atoms with E-state index in [-0.39, 0.29) is 17.2 Å². The largest absolute Gasteiger partial charge is 0.366 e. The maximum absolute atomic E-state index is 14.4. The van der Waals surface area contributed by atoms with E-state index in [1.54, 1.807) is 30.3 Å². The Hall–Kier alpha value is -3.48. The fourth-order valence-corrected chi connectivity index (χ4v) is 3.96. The number of rotatable bonds is 4. The molecule has 7 heteroatoms. The van der Waals surface area contributed by atoms with Crippen LogP contribution < -0.4 is 10.2 Å². The highest BCUT2D eigenvalue weighted by molar-refractivity contribution is 6.45. The van der Waals surface area contributed by atoms with Crippen LogP contribution in [-0.4, -0.2) is 35.7 Å².